The summed E-state index contributed by atoms with van der Waals surface area (Å²) in [7, 11) is 0. The number of hydrogen-bond donors (Lipinski definition) is 13. The third-order valence-electron chi connectivity index (χ3n) is 9.32. The number of hydrogen-bond acceptors (Lipinski definition) is 21. The van der Waals surface area contributed by atoms with Crippen molar-refractivity contribution >= 4 is 28.7 Å². The van der Waals surface area contributed by atoms with Crippen LogP contribution < -0.4 is 15.9 Å². The normalized spacial score (nSPS) is 27.2. The van der Waals surface area contributed by atoms with Crippen molar-refractivity contribution in [2.75, 3.05) is 12.3 Å². The Bertz CT molecular complexity index is 2230. The molecule has 4 aromatic rings. The van der Waals surface area contributed by atoms with Crippen molar-refractivity contribution < 1.29 is 94.2 Å². The third kappa shape index (κ3) is 7.73. The molecule has 0 bridgehead atoms. The predicted molar refractivity (Wildman–Crippen MR) is 184 cm³/mol. The van der Waals surface area contributed by atoms with E-state index in [0.717, 1.165) is 18.2 Å². The molecule has 14 N–H and O–H groups in total. The van der Waals surface area contributed by atoms with Crippen LogP contribution >= 0.6 is 0 Å². The number of aliphatic hydroxyl groups excluding tert-OH is 6. The minimum Gasteiger partial charge on any atom is -0.507 e. The number of carbonyl (C=O) groups excluding carboxylic acids is 1. The number of nitrogens with zero attached hydrogens (tertiary/aromatic N) is 1. The van der Waals surface area contributed by atoms with E-state index in [1.54, 1.807) is 0 Å². The molecule has 22 nitrogen and oxygen atoms in total. The molecule has 9 atom stereocenters. The number of nitrogens with two attached hydrogens (primary N) is 1. The highest BCUT2D eigenvalue weighted by atomic mass is 16.8. The maximum Gasteiger partial charge on any atom is 0.340 e. The number of aliphatic hydroxyl groups is 8. The summed E-state index contributed by atoms with van der Waals surface area (Å²) in [4.78, 5) is 42.3. The van der Waals surface area contributed by atoms with E-state index in [2.05, 4.69) is 4.98 Å². The van der Waals surface area contributed by atoms with Crippen LogP contribution in [-0.4, -0.2) is 146 Å². The van der Waals surface area contributed by atoms with E-state index in [9.17, 15) is 75.7 Å². The first-order valence-electron chi connectivity index (χ1n) is 16.8. The summed E-state index contributed by atoms with van der Waals surface area (Å²) in [5.41, 5.74) is 4.92. The molecule has 2 saturated heterocycles. The number of rotatable bonds is 10. The fourth-order valence-corrected chi connectivity index (χ4v) is 6.27. The van der Waals surface area contributed by atoms with Gasteiger partial charge in [0.15, 0.2) is 23.0 Å². The number of nitrogen functional groups attached to an aromatic ring is 1. The summed E-state index contributed by atoms with van der Waals surface area (Å²) in [6, 6.07) is 7.41. The van der Waals surface area contributed by atoms with Crippen LogP contribution in [0.4, 0.5) is 5.82 Å². The molecule has 2 aromatic heterocycles. The second-order valence-electron chi connectivity index (χ2n) is 13.2. The number of ether oxygens (including phenoxy) is 4. The van der Waals surface area contributed by atoms with E-state index >= 15 is 0 Å². The van der Waals surface area contributed by atoms with Crippen LogP contribution in [-0.2, 0) is 36.6 Å². The number of fused-ring (bicyclic) bond motifs is 1. The average Bonchev–Trinajstić information content (AvgIpc) is 3.15. The zero-order chi connectivity index (χ0) is 41.7. The molecule has 0 aliphatic carbocycles. The molecule has 0 spiro atoms. The van der Waals surface area contributed by atoms with Gasteiger partial charge in [-0.1, -0.05) is 6.07 Å². The zero-order valence-electron chi connectivity index (χ0n) is 29.0. The van der Waals surface area contributed by atoms with Gasteiger partial charge in [-0.05, 0) is 30.2 Å². The van der Waals surface area contributed by atoms with Crippen LogP contribution in [0.2, 0.25) is 0 Å². The van der Waals surface area contributed by atoms with Gasteiger partial charge in [-0.15, -0.1) is 0 Å². The minimum absolute atomic E-state index is 0.0640. The topological polar surface area (TPSA) is 383 Å². The standard InChI is InChI=1S/C35H36N2O20/c36-20-2-1-11(10-37-20)5-14-18(9-19-21(23(14)42)15(39)8-17(53-19)13-6-12(3-4-38)22(41)16(40)7-13)54-33-26(45)24(43)25(44)28(55-33)32(50)57-34-27(46)29(47)35(51,52)30(56-34)31(48)49/h1-2,6-10,24-30,33-34,38,40-47,51-52H,3-5H2,(H2,36,37)(H,48,49)/t24-,25-,26+,27+,28-,29+,30+,33+,34-/m0/s1. The van der Waals surface area contributed by atoms with E-state index in [4.69, 9.17) is 29.1 Å². The van der Waals surface area contributed by atoms with Gasteiger partial charge in [-0.25, -0.2) is 14.6 Å². The van der Waals surface area contributed by atoms with Gasteiger partial charge in [-0.2, -0.15) is 0 Å². The smallest absolute Gasteiger partial charge is 0.340 e. The summed E-state index contributed by atoms with van der Waals surface area (Å²) >= 11 is 0. The summed E-state index contributed by atoms with van der Waals surface area (Å²) in [6.45, 7) is -0.406. The quantitative estimate of drug-likeness (QED) is 0.0422. The summed E-state index contributed by atoms with van der Waals surface area (Å²) < 4.78 is 26.9. The van der Waals surface area contributed by atoms with Crippen LogP contribution in [0.25, 0.3) is 22.3 Å². The fraction of sp³-hybridized carbons (Fsp3) is 0.371. The average molecular weight is 805 g/mol. The monoisotopic (exact) mass is 804 g/mol. The Morgan fingerprint density at radius 3 is 2.26 bits per heavy atom. The Morgan fingerprint density at radius 2 is 1.61 bits per heavy atom. The van der Waals surface area contributed by atoms with E-state index in [0.29, 0.717) is 5.56 Å². The number of esters is 1. The summed E-state index contributed by atoms with van der Waals surface area (Å²) in [6.07, 6.45) is -20.4. The molecule has 0 radical (unpaired) electrons. The van der Waals surface area contributed by atoms with E-state index < -0.39 is 108 Å². The molecule has 6 rings (SSSR count). The van der Waals surface area contributed by atoms with Crippen molar-refractivity contribution in [1.82, 2.24) is 4.98 Å². The van der Waals surface area contributed by atoms with Crippen LogP contribution in [0.5, 0.6) is 23.0 Å². The van der Waals surface area contributed by atoms with Crippen LogP contribution in [0.3, 0.4) is 0 Å². The molecule has 57 heavy (non-hydrogen) atoms. The van der Waals surface area contributed by atoms with Crippen LogP contribution in [0.1, 0.15) is 16.7 Å². The summed E-state index contributed by atoms with van der Waals surface area (Å²) in [5.74, 6) is -9.59. The van der Waals surface area contributed by atoms with Crippen molar-refractivity contribution in [2.24, 2.45) is 0 Å². The molecule has 306 valence electrons. The summed E-state index contributed by atoms with van der Waals surface area (Å²) in [5, 5.41) is 123. The number of pyridine rings is 1. The number of carboxylic acids is 1. The largest absolute Gasteiger partial charge is 0.507 e. The Hall–Kier alpha value is -5.66. The van der Waals surface area contributed by atoms with E-state index in [1.165, 1.54) is 24.4 Å². The van der Waals surface area contributed by atoms with E-state index in [-0.39, 0.29) is 52.1 Å². The third-order valence-corrected chi connectivity index (χ3v) is 9.32. The van der Waals surface area contributed by atoms with Gasteiger partial charge in [0.2, 0.25) is 24.5 Å². The molecule has 2 fully saturated rings. The van der Waals surface area contributed by atoms with Gasteiger partial charge in [0.1, 0.15) is 64.6 Å². The molecule has 22 heteroatoms. The first-order chi connectivity index (χ1) is 26.8. The van der Waals surface area contributed by atoms with Crippen molar-refractivity contribution in [3.05, 3.63) is 69.5 Å². The maximum absolute atomic E-state index is 13.5. The molecular formula is C35H36N2O20. The number of carboxylic acid groups (broad SMARTS) is 1. The first kappa shape index (κ1) is 41.0. The van der Waals surface area contributed by atoms with Crippen molar-refractivity contribution in [2.45, 2.75) is 73.9 Å². The number of anilines is 1. The second-order valence-corrected chi connectivity index (χ2v) is 13.2. The predicted octanol–water partition coefficient (Wildman–Crippen LogP) is -3.38. The van der Waals surface area contributed by atoms with Gasteiger partial charge in [-0.3, -0.25) is 4.79 Å². The molecule has 0 saturated carbocycles. The number of phenols is 3. The Labute approximate surface area is 318 Å². The lowest BCUT2D eigenvalue weighted by Crippen LogP contribution is -2.69. The molecule has 4 heterocycles. The van der Waals surface area contributed by atoms with Gasteiger partial charge in [0.05, 0.1) is 0 Å². The molecular weight excluding hydrogens is 768 g/mol. The maximum atomic E-state index is 13.5. The van der Waals surface area contributed by atoms with Crippen LogP contribution in [0.15, 0.2) is 51.8 Å². The number of benzene rings is 2. The van der Waals surface area contributed by atoms with Crippen molar-refractivity contribution in [3.63, 3.8) is 0 Å². The highest BCUT2D eigenvalue weighted by Crippen LogP contribution is 2.41. The molecule has 2 aliphatic heterocycles. The van der Waals surface area contributed by atoms with Gasteiger partial charge in [0, 0.05) is 48.0 Å². The first-order valence-corrected chi connectivity index (χ1v) is 16.8. The number of carbonyl (C=O) groups is 2. The highest BCUT2D eigenvalue weighted by molar-refractivity contribution is 5.88. The van der Waals surface area contributed by atoms with Crippen molar-refractivity contribution in [3.8, 4) is 34.3 Å². The highest BCUT2D eigenvalue weighted by Gasteiger charge is 2.59. The van der Waals surface area contributed by atoms with Gasteiger partial charge in [0.25, 0.3) is 0 Å². The number of aliphatic carboxylic acids is 1. The van der Waals surface area contributed by atoms with E-state index in [1.807, 2.05) is 0 Å². The lowest BCUT2D eigenvalue weighted by Gasteiger charge is -2.43. The minimum atomic E-state index is -3.55. The molecule has 0 amide bonds. The van der Waals surface area contributed by atoms with Gasteiger partial charge >= 0.3 is 11.9 Å². The number of aromatic nitrogens is 1. The van der Waals surface area contributed by atoms with Crippen LogP contribution in [0, 0.1) is 0 Å². The Balaban J connectivity index is 1.38. The molecule has 2 aromatic carbocycles. The number of phenolic OH excluding ortho intramolecular Hbond substituents is 3. The lowest BCUT2D eigenvalue weighted by atomic mass is 9.94. The lowest BCUT2D eigenvalue weighted by molar-refractivity contribution is -0.372. The Morgan fingerprint density at radius 1 is 0.895 bits per heavy atom. The SMILES string of the molecule is Nc1ccc(Cc2c(O[C@@H]3O[C@H](C(=O)O[C@@H]4O[C@H](C(=O)O)C(O)(O)[C@H](O)[C@H]4O)[C@@H](O)[C@H](O)[C@H]3O)cc3oc(-c4cc(O)c(O)c(CCO)c4)cc(=O)c3c2O)cn1. The zero-order valence-corrected chi connectivity index (χ0v) is 29.0. The Kier molecular flexibility index (Phi) is 11.3. The van der Waals surface area contributed by atoms with Gasteiger partial charge < -0.3 is 90.4 Å². The fourth-order valence-electron chi connectivity index (χ4n) is 6.27. The number of aromatic hydroxyl groups is 3. The molecule has 0 unspecified atom stereocenters. The second kappa shape index (κ2) is 15.7. The van der Waals surface area contributed by atoms with Crippen molar-refractivity contribution in [1.29, 1.82) is 0 Å². The molecule has 2 aliphatic rings.